The van der Waals surface area contributed by atoms with Gasteiger partial charge in [0.05, 0.1) is 31.1 Å². The predicted molar refractivity (Wildman–Crippen MR) is 139 cm³/mol. The van der Waals surface area contributed by atoms with Crippen molar-refractivity contribution in [3.8, 4) is 11.3 Å². The first-order chi connectivity index (χ1) is 17.1. The highest BCUT2D eigenvalue weighted by Gasteiger charge is 2.14. The molecule has 1 N–H and O–H groups in total. The maximum atomic E-state index is 12.9. The number of hydrogen-bond acceptors (Lipinski definition) is 7. The first-order valence-electron chi connectivity index (χ1n) is 11.5. The molecule has 1 saturated heterocycles. The molecule has 0 bridgehead atoms. The molecule has 1 amide bonds. The van der Waals surface area contributed by atoms with Crippen LogP contribution in [0.2, 0.25) is 0 Å². The van der Waals surface area contributed by atoms with Crippen LogP contribution in [0.4, 0.5) is 11.4 Å². The highest BCUT2D eigenvalue weighted by Crippen LogP contribution is 2.24. The SMILES string of the molecule is CN(CC(=O)Nc1ccc(N2CCOCC2)cc1)Cc1cc(=O)n2c(-c3ccccc3)csc2n1. The Morgan fingerprint density at radius 3 is 2.60 bits per heavy atom. The fourth-order valence-corrected chi connectivity index (χ4v) is 5.13. The Labute approximate surface area is 207 Å². The highest BCUT2D eigenvalue weighted by atomic mass is 32.1. The molecular formula is C26H27N5O3S. The van der Waals surface area contributed by atoms with Gasteiger partial charge in [-0.25, -0.2) is 4.98 Å². The van der Waals surface area contributed by atoms with Crippen molar-refractivity contribution < 1.29 is 9.53 Å². The van der Waals surface area contributed by atoms with E-state index in [4.69, 9.17) is 4.74 Å². The molecule has 8 nitrogen and oxygen atoms in total. The summed E-state index contributed by atoms with van der Waals surface area (Å²) in [6.45, 7) is 3.80. The number of nitrogens with zero attached hydrogens (tertiary/aromatic N) is 4. The number of carbonyl (C=O) groups excluding carboxylic acids is 1. The van der Waals surface area contributed by atoms with E-state index in [1.807, 2.05) is 71.9 Å². The topological polar surface area (TPSA) is 79.2 Å². The molecule has 9 heteroatoms. The van der Waals surface area contributed by atoms with E-state index in [-0.39, 0.29) is 18.0 Å². The Kier molecular flexibility index (Phi) is 6.89. The second kappa shape index (κ2) is 10.4. The minimum atomic E-state index is -0.122. The summed E-state index contributed by atoms with van der Waals surface area (Å²) in [4.78, 5) is 34.9. The smallest absolute Gasteiger partial charge is 0.259 e. The van der Waals surface area contributed by atoms with Gasteiger partial charge in [0.2, 0.25) is 5.91 Å². The maximum absolute atomic E-state index is 12.9. The van der Waals surface area contributed by atoms with E-state index in [0.717, 1.165) is 48.9 Å². The van der Waals surface area contributed by atoms with Crippen LogP contribution in [0.25, 0.3) is 16.2 Å². The predicted octanol–water partition coefficient (Wildman–Crippen LogP) is 3.33. The van der Waals surface area contributed by atoms with Gasteiger partial charge in [-0.15, -0.1) is 11.3 Å². The van der Waals surface area contributed by atoms with Gasteiger partial charge < -0.3 is 15.0 Å². The summed E-state index contributed by atoms with van der Waals surface area (Å²) in [6, 6.07) is 19.2. The molecule has 5 rings (SSSR count). The lowest BCUT2D eigenvalue weighted by molar-refractivity contribution is -0.117. The van der Waals surface area contributed by atoms with Crippen molar-refractivity contribution in [1.29, 1.82) is 0 Å². The molecule has 0 spiro atoms. The third-order valence-electron chi connectivity index (χ3n) is 5.90. The van der Waals surface area contributed by atoms with Crippen molar-refractivity contribution >= 4 is 33.6 Å². The molecule has 180 valence electrons. The summed E-state index contributed by atoms with van der Waals surface area (Å²) in [5, 5.41) is 4.89. The van der Waals surface area contributed by atoms with Crippen LogP contribution in [0.15, 0.2) is 70.8 Å². The average Bonchev–Trinajstić information content (AvgIpc) is 3.30. The summed E-state index contributed by atoms with van der Waals surface area (Å²) >= 11 is 1.43. The molecule has 0 saturated carbocycles. The fraction of sp³-hybridized carbons (Fsp3) is 0.269. The lowest BCUT2D eigenvalue weighted by atomic mass is 10.2. The minimum absolute atomic E-state index is 0.119. The van der Waals surface area contributed by atoms with Gasteiger partial charge >= 0.3 is 0 Å². The molecule has 2 aromatic carbocycles. The monoisotopic (exact) mass is 489 g/mol. The first-order valence-corrected chi connectivity index (χ1v) is 12.4. The Morgan fingerprint density at radius 2 is 1.86 bits per heavy atom. The van der Waals surface area contributed by atoms with Crippen LogP contribution in [0.3, 0.4) is 0 Å². The van der Waals surface area contributed by atoms with Gasteiger partial charge in [-0.2, -0.15) is 0 Å². The number of hydrogen-bond donors (Lipinski definition) is 1. The van der Waals surface area contributed by atoms with E-state index in [1.165, 1.54) is 11.3 Å². The largest absolute Gasteiger partial charge is 0.378 e. The van der Waals surface area contributed by atoms with Crippen molar-refractivity contribution in [3.05, 3.63) is 82.1 Å². The van der Waals surface area contributed by atoms with Gasteiger partial charge in [0, 0.05) is 42.5 Å². The van der Waals surface area contributed by atoms with E-state index < -0.39 is 0 Å². The van der Waals surface area contributed by atoms with E-state index in [2.05, 4.69) is 15.2 Å². The van der Waals surface area contributed by atoms with Gasteiger partial charge in [-0.05, 0) is 36.9 Å². The Balaban J connectivity index is 1.20. The Bertz CT molecular complexity index is 1360. The van der Waals surface area contributed by atoms with Gasteiger partial charge in [0.15, 0.2) is 4.96 Å². The highest BCUT2D eigenvalue weighted by molar-refractivity contribution is 7.15. The molecule has 0 radical (unpaired) electrons. The zero-order valence-corrected chi connectivity index (χ0v) is 20.3. The minimum Gasteiger partial charge on any atom is -0.378 e. The number of benzene rings is 2. The standard InChI is InChI=1S/C26H27N5O3S/c1-29(17-24(32)27-20-7-9-22(10-8-20)30-11-13-34-14-12-30)16-21-15-25(33)31-23(18-35-26(31)28-21)19-5-3-2-4-6-19/h2-10,15,18H,11-14,16-17H2,1H3,(H,27,32). The number of ether oxygens (including phenoxy) is 1. The number of carbonyl (C=O) groups is 1. The van der Waals surface area contributed by atoms with Crippen LogP contribution in [0.5, 0.6) is 0 Å². The van der Waals surface area contributed by atoms with Crippen molar-refractivity contribution in [2.75, 3.05) is 50.1 Å². The normalized spacial score (nSPS) is 13.9. The zero-order chi connectivity index (χ0) is 24.2. The summed E-state index contributed by atoms with van der Waals surface area (Å²) < 4.78 is 7.03. The Hall–Kier alpha value is -3.53. The summed E-state index contributed by atoms with van der Waals surface area (Å²) in [7, 11) is 1.84. The van der Waals surface area contributed by atoms with Crippen LogP contribution in [-0.4, -0.2) is 60.1 Å². The van der Waals surface area contributed by atoms with Crippen LogP contribution in [-0.2, 0) is 16.1 Å². The lowest BCUT2D eigenvalue weighted by Gasteiger charge is -2.28. The second-order valence-corrected chi connectivity index (χ2v) is 9.39. The average molecular weight is 490 g/mol. The van der Waals surface area contributed by atoms with E-state index >= 15 is 0 Å². The molecule has 1 aliphatic heterocycles. The number of morpholine rings is 1. The van der Waals surface area contributed by atoms with E-state index in [9.17, 15) is 9.59 Å². The quantitative estimate of drug-likeness (QED) is 0.429. The van der Waals surface area contributed by atoms with Crippen molar-refractivity contribution in [2.24, 2.45) is 0 Å². The molecule has 4 aromatic rings. The number of likely N-dealkylation sites (N-methyl/N-ethyl adjacent to an activating group) is 1. The molecule has 2 aromatic heterocycles. The summed E-state index contributed by atoms with van der Waals surface area (Å²) in [6.07, 6.45) is 0. The molecule has 35 heavy (non-hydrogen) atoms. The lowest BCUT2D eigenvalue weighted by Crippen LogP contribution is -2.36. The van der Waals surface area contributed by atoms with Crippen LogP contribution in [0.1, 0.15) is 5.69 Å². The molecule has 1 aliphatic rings. The van der Waals surface area contributed by atoms with E-state index in [0.29, 0.717) is 17.2 Å². The second-order valence-electron chi connectivity index (χ2n) is 8.56. The number of anilines is 2. The zero-order valence-electron chi connectivity index (χ0n) is 19.5. The number of fused-ring (bicyclic) bond motifs is 1. The third-order valence-corrected chi connectivity index (χ3v) is 6.73. The number of nitrogens with one attached hydrogen (secondary N) is 1. The number of amides is 1. The molecule has 3 heterocycles. The van der Waals surface area contributed by atoms with Crippen LogP contribution >= 0.6 is 11.3 Å². The fourth-order valence-electron chi connectivity index (χ4n) is 4.21. The van der Waals surface area contributed by atoms with Gasteiger partial charge in [-0.1, -0.05) is 30.3 Å². The van der Waals surface area contributed by atoms with Gasteiger partial charge in [0.1, 0.15) is 0 Å². The van der Waals surface area contributed by atoms with Crippen LogP contribution < -0.4 is 15.8 Å². The van der Waals surface area contributed by atoms with E-state index in [1.54, 1.807) is 10.5 Å². The van der Waals surface area contributed by atoms with Crippen molar-refractivity contribution in [2.45, 2.75) is 6.54 Å². The van der Waals surface area contributed by atoms with Crippen molar-refractivity contribution in [1.82, 2.24) is 14.3 Å². The number of thiazole rings is 1. The van der Waals surface area contributed by atoms with Crippen molar-refractivity contribution in [3.63, 3.8) is 0 Å². The molecule has 1 fully saturated rings. The summed E-state index contributed by atoms with van der Waals surface area (Å²) in [5.74, 6) is -0.119. The van der Waals surface area contributed by atoms with Gasteiger partial charge in [0.25, 0.3) is 5.56 Å². The van der Waals surface area contributed by atoms with Gasteiger partial charge in [-0.3, -0.25) is 18.9 Å². The number of aromatic nitrogens is 2. The van der Waals surface area contributed by atoms with Crippen LogP contribution in [0, 0.1) is 0 Å². The first kappa shape index (κ1) is 23.2. The summed E-state index contributed by atoms with van der Waals surface area (Å²) in [5.41, 5.74) is 4.21. The Morgan fingerprint density at radius 1 is 1.11 bits per heavy atom. The maximum Gasteiger partial charge on any atom is 0.259 e. The molecule has 0 aliphatic carbocycles. The third kappa shape index (κ3) is 5.43. The number of rotatable bonds is 7. The molecule has 0 unspecified atom stereocenters. The molecule has 0 atom stereocenters. The molecular weight excluding hydrogens is 462 g/mol.